The van der Waals surface area contributed by atoms with Gasteiger partial charge in [0, 0.05) is 28.4 Å². The van der Waals surface area contributed by atoms with Crippen LogP contribution in [0.5, 0.6) is 0 Å². The average Bonchev–Trinajstić information content (AvgIpc) is 2.85. The van der Waals surface area contributed by atoms with Crippen molar-refractivity contribution in [3.63, 3.8) is 0 Å². The second-order valence-electron chi connectivity index (χ2n) is 7.28. The van der Waals surface area contributed by atoms with Gasteiger partial charge in [-0.15, -0.1) is 0 Å². The minimum atomic E-state index is -0.399. The number of benzene rings is 3. The van der Waals surface area contributed by atoms with Gasteiger partial charge in [0.1, 0.15) is 6.33 Å². The zero-order chi connectivity index (χ0) is 22.8. The summed E-state index contributed by atoms with van der Waals surface area (Å²) in [5.41, 5.74) is 1.52. The Morgan fingerprint density at radius 1 is 0.909 bits per heavy atom. The minimum absolute atomic E-state index is 0.120. The molecule has 3 aromatic carbocycles. The zero-order valence-electron chi connectivity index (χ0n) is 17.8. The maximum absolute atomic E-state index is 12.3. The lowest BCUT2D eigenvalue weighted by atomic mass is 10.1. The Balaban J connectivity index is 1.66. The van der Waals surface area contributed by atoms with Crippen LogP contribution in [0.3, 0.4) is 0 Å². The number of nitro groups is 1. The van der Waals surface area contributed by atoms with Crippen molar-refractivity contribution < 1.29 is 4.92 Å². The van der Waals surface area contributed by atoms with E-state index in [0.29, 0.717) is 6.54 Å². The van der Waals surface area contributed by atoms with E-state index < -0.39 is 4.92 Å². The van der Waals surface area contributed by atoms with Crippen LogP contribution in [0, 0.1) is 10.1 Å². The van der Waals surface area contributed by atoms with Crippen LogP contribution in [0.2, 0.25) is 0 Å². The minimum Gasteiger partial charge on any atom is -0.320 e. The van der Waals surface area contributed by atoms with Crippen molar-refractivity contribution in [1.29, 1.82) is 0 Å². The number of para-hydroxylation sites is 1. The van der Waals surface area contributed by atoms with Gasteiger partial charge >= 0.3 is 5.69 Å². The van der Waals surface area contributed by atoms with Crippen LogP contribution in [0.1, 0.15) is 6.92 Å². The van der Waals surface area contributed by atoms with Gasteiger partial charge in [0.25, 0.3) is 0 Å². The lowest BCUT2D eigenvalue weighted by molar-refractivity contribution is -0.387. The van der Waals surface area contributed by atoms with E-state index in [1.807, 2.05) is 84.6 Å². The molecule has 5 aromatic rings. The van der Waals surface area contributed by atoms with Crippen molar-refractivity contribution in [1.82, 2.24) is 15.0 Å². The van der Waals surface area contributed by atoms with Gasteiger partial charge in [-0.3, -0.25) is 15.1 Å². The van der Waals surface area contributed by atoms with Crippen LogP contribution in [0.4, 0.5) is 17.2 Å². The molecule has 0 N–H and O–H groups in total. The van der Waals surface area contributed by atoms with Gasteiger partial charge in [-0.2, -0.15) is 0 Å². The van der Waals surface area contributed by atoms with Crippen LogP contribution in [-0.2, 0) is 0 Å². The molecule has 0 bridgehead atoms. The summed E-state index contributed by atoms with van der Waals surface area (Å²) in [6, 6.07) is 23.5. The van der Waals surface area contributed by atoms with Crippen molar-refractivity contribution in [3.05, 3.63) is 95.4 Å². The molecule has 2 aromatic heterocycles. The summed E-state index contributed by atoms with van der Waals surface area (Å²) in [6.07, 6.45) is 3.10. The van der Waals surface area contributed by atoms with Crippen molar-refractivity contribution in [3.8, 4) is 0 Å². The summed E-state index contributed by atoms with van der Waals surface area (Å²) in [7, 11) is 0. The van der Waals surface area contributed by atoms with Crippen LogP contribution in [0.15, 0.2) is 95.2 Å². The van der Waals surface area contributed by atoms with E-state index in [-0.39, 0.29) is 16.5 Å². The molecule has 0 aliphatic rings. The topological polar surface area (TPSA) is 85.0 Å². The number of hydrogen-bond donors (Lipinski definition) is 0. The molecular formula is C25H19N5O2S. The molecule has 2 heterocycles. The fraction of sp³-hybridized carbons (Fsp3) is 0.0800. The SMILES string of the molecule is CCN(c1ncnc(Sc2cccc3cccnc23)c1[N+](=O)[O-])c1cccc2ccccc12. The van der Waals surface area contributed by atoms with Gasteiger partial charge in [0.05, 0.1) is 16.1 Å². The molecular weight excluding hydrogens is 434 g/mol. The largest absolute Gasteiger partial charge is 0.344 e. The smallest absolute Gasteiger partial charge is 0.320 e. The van der Waals surface area contributed by atoms with E-state index in [4.69, 9.17) is 0 Å². The first kappa shape index (κ1) is 20.8. The molecule has 0 aliphatic heterocycles. The number of anilines is 2. The summed E-state index contributed by atoms with van der Waals surface area (Å²) in [5, 5.41) is 15.6. The maximum atomic E-state index is 12.3. The molecule has 7 nitrogen and oxygen atoms in total. The summed E-state index contributed by atoms with van der Waals surface area (Å²) in [5.74, 6) is 0.268. The highest BCUT2D eigenvalue weighted by atomic mass is 32.2. The Kier molecular flexibility index (Phi) is 5.58. The Hall–Kier alpha value is -4.04. The Morgan fingerprint density at radius 2 is 1.67 bits per heavy atom. The second kappa shape index (κ2) is 8.84. The lowest BCUT2D eigenvalue weighted by Gasteiger charge is -2.23. The number of hydrogen-bond acceptors (Lipinski definition) is 7. The maximum Gasteiger partial charge on any atom is 0.344 e. The number of aromatic nitrogens is 3. The molecule has 0 unspecified atom stereocenters. The number of nitrogens with zero attached hydrogens (tertiary/aromatic N) is 5. The molecule has 0 fully saturated rings. The van der Waals surface area contributed by atoms with Gasteiger partial charge in [0.15, 0.2) is 5.03 Å². The quantitative estimate of drug-likeness (QED) is 0.167. The highest BCUT2D eigenvalue weighted by Crippen LogP contribution is 2.42. The van der Waals surface area contributed by atoms with E-state index >= 15 is 0 Å². The Morgan fingerprint density at radius 3 is 2.52 bits per heavy atom. The first-order valence-electron chi connectivity index (χ1n) is 10.4. The van der Waals surface area contributed by atoms with E-state index in [2.05, 4.69) is 15.0 Å². The number of fused-ring (bicyclic) bond motifs is 2. The van der Waals surface area contributed by atoms with E-state index in [1.54, 1.807) is 6.20 Å². The molecule has 0 amide bonds. The standard InChI is InChI=1S/C25H19N5O2S/c1-2-29(20-13-5-9-17-8-3-4-12-19(17)20)24-23(30(31)32)25(28-16-27-24)33-21-14-6-10-18-11-7-15-26-22(18)21/h3-16H,2H2,1H3. The monoisotopic (exact) mass is 453 g/mol. The van der Waals surface area contributed by atoms with E-state index in [0.717, 1.165) is 32.3 Å². The normalized spacial score (nSPS) is 11.1. The molecule has 0 spiro atoms. The third-order valence-electron chi connectivity index (χ3n) is 5.38. The van der Waals surface area contributed by atoms with E-state index in [9.17, 15) is 10.1 Å². The fourth-order valence-corrected chi connectivity index (χ4v) is 4.91. The molecule has 0 saturated heterocycles. The lowest BCUT2D eigenvalue weighted by Crippen LogP contribution is -2.19. The predicted molar refractivity (Wildman–Crippen MR) is 131 cm³/mol. The molecule has 33 heavy (non-hydrogen) atoms. The molecule has 0 saturated carbocycles. The number of pyridine rings is 1. The zero-order valence-corrected chi connectivity index (χ0v) is 18.6. The van der Waals surface area contributed by atoms with Crippen molar-refractivity contribution in [2.45, 2.75) is 16.8 Å². The molecule has 162 valence electrons. The summed E-state index contributed by atoms with van der Waals surface area (Å²) < 4.78 is 0. The first-order chi connectivity index (χ1) is 16.2. The highest BCUT2D eigenvalue weighted by molar-refractivity contribution is 7.99. The molecule has 0 atom stereocenters. The summed E-state index contributed by atoms with van der Waals surface area (Å²) >= 11 is 1.23. The van der Waals surface area contributed by atoms with Gasteiger partial charge in [0.2, 0.25) is 5.82 Å². The van der Waals surface area contributed by atoms with Crippen molar-refractivity contribution in [2.75, 3.05) is 11.4 Å². The first-order valence-corrected chi connectivity index (χ1v) is 11.3. The third kappa shape index (κ3) is 3.85. The predicted octanol–water partition coefficient (Wildman–Crippen LogP) is 6.40. The fourth-order valence-electron chi connectivity index (χ4n) is 3.93. The highest BCUT2D eigenvalue weighted by Gasteiger charge is 2.28. The van der Waals surface area contributed by atoms with Crippen LogP contribution in [0.25, 0.3) is 21.7 Å². The summed E-state index contributed by atoms with van der Waals surface area (Å²) in [6.45, 7) is 2.46. The Labute approximate surface area is 194 Å². The van der Waals surface area contributed by atoms with Gasteiger partial charge < -0.3 is 4.90 Å². The van der Waals surface area contributed by atoms with Crippen LogP contribution >= 0.6 is 11.8 Å². The van der Waals surface area contributed by atoms with Crippen molar-refractivity contribution in [2.24, 2.45) is 0 Å². The molecule has 5 rings (SSSR count). The van der Waals surface area contributed by atoms with Gasteiger partial charge in [-0.25, -0.2) is 9.97 Å². The number of rotatable bonds is 6. The van der Waals surface area contributed by atoms with Gasteiger partial charge in [-0.05, 0) is 30.5 Å². The Bertz CT molecular complexity index is 1480. The molecule has 0 radical (unpaired) electrons. The molecule has 8 heteroatoms. The van der Waals surface area contributed by atoms with E-state index in [1.165, 1.54) is 18.1 Å². The van der Waals surface area contributed by atoms with Gasteiger partial charge in [-0.1, -0.05) is 66.4 Å². The van der Waals surface area contributed by atoms with Crippen molar-refractivity contribution >= 4 is 50.6 Å². The molecule has 0 aliphatic carbocycles. The van der Waals surface area contributed by atoms with Crippen LogP contribution in [-0.4, -0.2) is 26.4 Å². The average molecular weight is 454 g/mol. The second-order valence-corrected chi connectivity index (χ2v) is 8.31. The summed E-state index contributed by atoms with van der Waals surface area (Å²) in [4.78, 5) is 27.7. The third-order valence-corrected chi connectivity index (χ3v) is 6.43. The van der Waals surface area contributed by atoms with Crippen LogP contribution < -0.4 is 4.90 Å².